The minimum Gasteiger partial charge on any atom is -0.497 e. The van der Waals surface area contributed by atoms with Gasteiger partial charge in [-0.1, -0.05) is 72.9 Å². The van der Waals surface area contributed by atoms with Gasteiger partial charge in [-0.05, 0) is 47.9 Å². The van der Waals surface area contributed by atoms with E-state index in [4.69, 9.17) is 19.3 Å². The van der Waals surface area contributed by atoms with E-state index in [9.17, 15) is 9.90 Å². The Kier molecular flexibility index (Phi) is 10.1. The smallest absolute Gasteiger partial charge is 0.247 e. The lowest BCUT2D eigenvalue weighted by molar-refractivity contribution is -0.118. The summed E-state index contributed by atoms with van der Waals surface area (Å²) in [4.78, 5) is 13.1. The van der Waals surface area contributed by atoms with Gasteiger partial charge in [0.05, 0.1) is 38.4 Å². The Balaban J connectivity index is 1.33. The lowest BCUT2D eigenvalue weighted by Crippen LogP contribution is -2.54. The second kappa shape index (κ2) is 14.4. The fourth-order valence-electron chi connectivity index (χ4n) is 7.21. The van der Waals surface area contributed by atoms with Crippen molar-refractivity contribution in [1.82, 2.24) is 15.0 Å². The average Bonchev–Trinajstić information content (AvgIpc) is 3.56. The normalized spacial score (nSPS) is 20.1. The van der Waals surface area contributed by atoms with Crippen LogP contribution < -0.4 is 19.7 Å². The molecule has 1 unspecified atom stereocenters. The van der Waals surface area contributed by atoms with Gasteiger partial charge in [0.2, 0.25) is 5.91 Å². The summed E-state index contributed by atoms with van der Waals surface area (Å²) in [6.45, 7) is 7.72. The van der Waals surface area contributed by atoms with Gasteiger partial charge in [0.1, 0.15) is 17.6 Å². The molecule has 6 rings (SSSR count). The standard InChI is InChI=1S/C37H45N5O5Si/c1-25-36(46-3)31-23-28(42-35(44)18-16-32(39-42)26-9-7-6-8-10-26)11-17-33(31)47-37(25)34(19-21-41-24-27(20-22-43)38-40-41)48(4,5)30-14-12-29(45-2)13-15-30/h6-15,17,23-25,34,36-37,43H,16,18-22H2,1-5H3/t25-,34?,36-,37-/m0/s1. The molecule has 0 fully saturated rings. The third kappa shape index (κ3) is 6.80. The number of hydrogen-bond donors (Lipinski definition) is 1. The van der Waals surface area contributed by atoms with Crippen LogP contribution in [0, 0.1) is 5.92 Å². The highest BCUT2D eigenvalue weighted by molar-refractivity contribution is 6.91. The predicted octanol–water partition coefficient (Wildman–Crippen LogP) is 5.51. The van der Waals surface area contributed by atoms with Gasteiger partial charge in [-0.2, -0.15) is 5.10 Å². The third-order valence-corrected chi connectivity index (χ3v) is 14.3. The molecular formula is C37H45N5O5Si. The van der Waals surface area contributed by atoms with Crippen molar-refractivity contribution in [2.45, 2.75) is 70.0 Å². The Morgan fingerprint density at radius 1 is 1.04 bits per heavy atom. The van der Waals surface area contributed by atoms with Crippen LogP contribution in [0.15, 0.2) is 84.1 Å². The van der Waals surface area contributed by atoms with Crippen molar-refractivity contribution in [3.8, 4) is 11.5 Å². The van der Waals surface area contributed by atoms with Gasteiger partial charge < -0.3 is 19.3 Å². The zero-order valence-corrected chi connectivity index (χ0v) is 29.4. The van der Waals surface area contributed by atoms with Crippen LogP contribution in [-0.2, 0) is 22.5 Å². The van der Waals surface area contributed by atoms with Crippen molar-refractivity contribution >= 4 is 30.6 Å². The number of hydrogen-bond acceptors (Lipinski definition) is 8. The third-order valence-electron chi connectivity index (χ3n) is 9.98. The van der Waals surface area contributed by atoms with Gasteiger partial charge in [0.25, 0.3) is 0 Å². The van der Waals surface area contributed by atoms with E-state index in [0.29, 0.717) is 31.5 Å². The quantitative estimate of drug-likeness (QED) is 0.198. The minimum atomic E-state index is -2.19. The first-order valence-corrected chi connectivity index (χ1v) is 19.7. The molecule has 2 aliphatic heterocycles. The number of carbonyl (C=O) groups is 1. The molecule has 1 N–H and O–H groups in total. The van der Waals surface area contributed by atoms with E-state index in [1.807, 2.05) is 71.5 Å². The number of ether oxygens (including phenoxy) is 3. The van der Waals surface area contributed by atoms with Gasteiger partial charge in [0, 0.05) is 57.2 Å². The van der Waals surface area contributed by atoms with Gasteiger partial charge in [0.15, 0.2) is 0 Å². The van der Waals surface area contributed by atoms with Gasteiger partial charge in [-0.3, -0.25) is 9.48 Å². The summed E-state index contributed by atoms with van der Waals surface area (Å²) in [5.41, 5.74) is 4.50. The molecule has 10 nitrogen and oxygen atoms in total. The zero-order valence-electron chi connectivity index (χ0n) is 28.4. The van der Waals surface area contributed by atoms with E-state index in [2.05, 4.69) is 42.5 Å². The molecule has 252 valence electrons. The molecule has 0 saturated heterocycles. The summed E-state index contributed by atoms with van der Waals surface area (Å²) in [6.07, 6.45) is 3.84. The van der Waals surface area contributed by atoms with Crippen LogP contribution in [0.4, 0.5) is 5.69 Å². The Labute approximate surface area is 283 Å². The van der Waals surface area contributed by atoms with E-state index >= 15 is 0 Å². The van der Waals surface area contributed by atoms with Crippen molar-refractivity contribution in [2.75, 3.05) is 25.8 Å². The monoisotopic (exact) mass is 667 g/mol. The number of fused-ring (bicyclic) bond motifs is 1. The summed E-state index contributed by atoms with van der Waals surface area (Å²) in [7, 11) is 1.24. The molecule has 4 aromatic rings. The summed E-state index contributed by atoms with van der Waals surface area (Å²) < 4.78 is 20.6. The highest BCUT2D eigenvalue weighted by atomic mass is 28.3. The first-order chi connectivity index (χ1) is 23.2. The molecule has 1 amide bonds. The van der Waals surface area contributed by atoms with Crippen LogP contribution in [0.25, 0.3) is 0 Å². The Morgan fingerprint density at radius 2 is 1.81 bits per heavy atom. The van der Waals surface area contributed by atoms with Crippen LogP contribution in [0.1, 0.15) is 49.1 Å². The summed E-state index contributed by atoms with van der Waals surface area (Å²) in [6, 6.07) is 24.4. The molecule has 11 heteroatoms. The molecular weight excluding hydrogens is 623 g/mol. The molecule has 0 radical (unpaired) electrons. The second-order valence-electron chi connectivity index (χ2n) is 13.2. The number of hydrazone groups is 1. The zero-order chi connectivity index (χ0) is 33.8. The van der Waals surface area contributed by atoms with Crippen molar-refractivity contribution in [3.63, 3.8) is 0 Å². The lowest BCUT2D eigenvalue weighted by Gasteiger charge is -2.46. The largest absolute Gasteiger partial charge is 0.497 e. The van der Waals surface area contributed by atoms with Crippen LogP contribution in [0.3, 0.4) is 0 Å². The lowest BCUT2D eigenvalue weighted by atomic mass is 9.86. The Bertz CT molecular complexity index is 1740. The maximum absolute atomic E-state index is 13.1. The molecule has 0 spiro atoms. The SMILES string of the molecule is COc1ccc([Si](C)(C)C(CCn2cc(CCO)nn2)[C@H]2Oc3ccc(N4N=C(c5ccccc5)CCC4=O)cc3[C@@H](OC)[C@@H]2C)cc1. The number of aliphatic hydroxyl groups is 1. The van der Waals surface area contributed by atoms with Gasteiger partial charge >= 0.3 is 0 Å². The van der Waals surface area contributed by atoms with E-state index in [1.54, 1.807) is 14.2 Å². The number of methoxy groups -OCH3 is 2. The number of rotatable bonds is 12. The summed E-state index contributed by atoms with van der Waals surface area (Å²) >= 11 is 0. The fraction of sp³-hybridized carbons (Fsp3) is 0.405. The van der Waals surface area contributed by atoms with Crippen molar-refractivity contribution in [3.05, 3.63) is 95.8 Å². The van der Waals surface area contributed by atoms with Crippen LogP contribution in [0.5, 0.6) is 11.5 Å². The average molecular weight is 668 g/mol. The molecule has 1 aromatic heterocycles. The molecule has 0 saturated carbocycles. The highest BCUT2D eigenvalue weighted by Gasteiger charge is 2.47. The number of aliphatic hydroxyl groups excluding tert-OH is 1. The number of aromatic nitrogens is 3. The number of aryl methyl sites for hydroxylation is 1. The molecule has 2 aliphatic rings. The maximum atomic E-state index is 13.1. The number of anilines is 1. The van der Waals surface area contributed by atoms with Gasteiger partial charge in [-0.25, -0.2) is 5.01 Å². The predicted molar refractivity (Wildman–Crippen MR) is 189 cm³/mol. The first kappa shape index (κ1) is 33.6. The number of carbonyl (C=O) groups excluding carboxylic acids is 1. The van der Waals surface area contributed by atoms with E-state index < -0.39 is 8.07 Å². The van der Waals surface area contributed by atoms with E-state index in [-0.39, 0.29) is 36.2 Å². The summed E-state index contributed by atoms with van der Waals surface area (Å²) in [5.74, 6) is 1.57. The minimum absolute atomic E-state index is 0.00825. The van der Waals surface area contributed by atoms with Crippen molar-refractivity contribution < 1.29 is 24.1 Å². The van der Waals surface area contributed by atoms with Crippen LogP contribution >= 0.6 is 0 Å². The number of nitrogens with zero attached hydrogens (tertiary/aromatic N) is 5. The highest BCUT2D eigenvalue weighted by Crippen LogP contribution is 2.48. The molecule has 0 bridgehead atoms. The molecule has 48 heavy (non-hydrogen) atoms. The topological polar surface area (TPSA) is 111 Å². The molecule has 4 atom stereocenters. The molecule has 0 aliphatic carbocycles. The number of amides is 1. The van der Waals surface area contributed by atoms with Gasteiger partial charge in [-0.15, -0.1) is 5.10 Å². The molecule has 3 heterocycles. The Morgan fingerprint density at radius 3 is 2.52 bits per heavy atom. The second-order valence-corrected chi connectivity index (χ2v) is 18.0. The Hall–Kier alpha value is -4.32. The maximum Gasteiger partial charge on any atom is 0.247 e. The van der Waals surface area contributed by atoms with Crippen molar-refractivity contribution in [1.29, 1.82) is 0 Å². The van der Waals surface area contributed by atoms with E-state index in [0.717, 1.165) is 40.5 Å². The van der Waals surface area contributed by atoms with E-state index in [1.165, 1.54) is 10.2 Å². The number of benzene rings is 3. The fourth-order valence-corrected chi connectivity index (χ4v) is 10.7. The first-order valence-electron chi connectivity index (χ1n) is 16.7. The molecule has 3 aromatic carbocycles. The summed E-state index contributed by atoms with van der Waals surface area (Å²) in [5, 5.41) is 25.6. The van der Waals surface area contributed by atoms with Crippen LogP contribution in [0.2, 0.25) is 18.6 Å². The van der Waals surface area contributed by atoms with Crippen molar-refractivity contribution in [2.24, 2.45) is 11.0 Å². The van der Waals surface area contributed by atoms with Crippen LogP contribution in [-0.4, -0.2) is 66.7 Å².